The number of hydrogen-bond donors (Lipinski definition) is 2. The Morgan fingerprint density at radius 2 is 1.81 bits per heavy atom. The average Bonchev–Trinajstić information content (AvgIpc) is 3.27. The molecule has 15 heteroatoms. The van der Waals surface area contributed by atoms with Gasteiger partial charge in [0.1, 0.15) is 5.82 Å². The van der Waals surface area contributed by atoms with Gasteiger partial charge in [-0.1, -0.05) is 0 Å². The Balaban J connectivity index is 1.52. The van der Waals surface area contributed by atoms with Crippen molar-refractivity contribution < 1.29 is 14.4 Å². The number of nitrogens with one attached hydrogen (secondary N) is 1. The Bertz CT molecular complexity index is 1400. The number of fused-ring (bicyclic) bond motifs is 1. The fourth-order valence-corrected chi connectivity index (χ4v) is 3.91. The van der Waals surface area contributed by atoms with Crippen molar-refractivity contribution in [3.8, 4) is 11.4 Å². The summed E-state index contributed by atoms with van der Waals surface area (Å²) < 4.78 is 7.46. The summed E-state index contributed by atoms with van der Waals surface area (Å²) in [5, 5.41) is 2.91. The van der Waals surface area contributed by atoms with Crippen molar-refractivity contribution in [2.75, 3.05) is 55.5 Å². The molecule has 0 atom stereocenters. The molecular weight excluding hydrogens is 480 g/mol. The second-order valence-corrected chi connectivity index (χ2v) is 8.31. The number of ether oxygens (including phenoxy) is 1. The Labute approximate surface area is 211 Å². The van der Waals surface area contributed by atoms with E-state index in [1.54, 1.807) is 19.4 Å². The summed E-state index contributed by atoms with van der Waals surface area (Å²) in [5.74, 6) is 7.10. The third kappa shape index (κ3) is 4.81. The minimum absolute atomic E-state index is 0.159. The lowest BCUT2D eigenvalue weighted by atomic mass is 10.3. The van der Waals surface area contributed by atoms with Crippen LogP contribution in [-0.2, 0) is 23.2 Å². The molecular formula is C22H26N12O3. The van der Waals surface area contributed by atoms with Crippen LogP contribution in [0.4, 0.5) is 17.7 Å². The third-order valence-electron chi connectivity index (χ3n) is 5.94. The molecule has 0 unspecified atom stereocenters. The van der Waals surface area contributed by atoms with Gasteiger partial charge in [0.2, 0.25) is 11.9 Å². The quantitative estimate of drug-likeness (QED) is 0.324. The minimum atomic E-state index is -0.708. The number of aryl methyl sites for hydroxylation is 1. The maximum atomic E-state index is 11.6. The van der Waals surface area contributed by atoms with Crippen LogP contribution in [0.1, 0.15) is 16.2 Å². The van der Waals surface area contributed by atoms with Crippen LogP contribution >= 0.6 is 0 Å². The molecule has 0 amide bonds. The highest BCUT2D eigenvalue weighted by Crippen LogP contribution is 2.28. The van der Waals surface area contributed by atoms with E-state index in [1.807, 2.05) is 23.6 Å². The van der Waals surface area contributed by atoms with Gasteiger partial charge in [-0.15, -0.1) is 0 Å². The molecule has 1 fully saturated rings. The maximum absolute atomic E-state index is 11.6. The van der Waals surface area contributed by atoms with Crippen LogP contribution in [0.5, 0.6) is 0 Å². The molecule has 4 aromatic heterocycles. The predicted molar refractivity (Wildman–Crippen MR) is 134 cm³/mol. The Kier molecular flexibility index (Phi) is 6.70. The van der Waals surface area contributed by atoms with Crippen molar-refractivity contribution in [3.05, 3.63) is 36.2 Å². The van der Waals surface area contributed by atoms with Gasteiger partial charge in [0, 0.05) is 59.0 Å². The number of morpholine rings is 1. The van der Waals surface area contributed by atoms with E-state index in [0.717, 1.165) is 11.6 Å². The molecule has 0 aliphatic carbocycles. The minimum Gasteiger partial charge on any atom is -0.378 e. The molecule has 0 spiro atoms. The number of rotatable bonds is 7. The Hall–Kier alpha value is -4.50. The molecule has 1 aliphatic heterocycles. The summed E-state index contributed by atoms with van der Waals surface area (Å²) in [6, 6.07) is 0. The van der Waals surface area contributed by atoms with Gasteiger partial charge in [-0.25, -0.2) is 39.7 Å². The van der Waals surface area contributed by atoms with Crippen molar-refractivity contribution in [1.29, 1.82) is 0 Å². The number of anilines is 3. The molecule has 5 rings (SSSR count). The monoisotopic (exact) mass is 506 g/mol. The molecule has 192 valence electrons. The molecule has 1 saturated heterocycles. The summed E-state index contributed by atoms with van der Waals surface area (Å²) in [6.07, 6.45) is 6.10. The summed E-state index contributed by atoms with van der Waals surface area (Å²) in [7, 11) is 5.49. The molecule has 0 saturated carbocycles. The summed E-state index contributed by atoms with van der Waals surface area (Å²) in [4.78, 5) is 51.4. The normalized spacial score (nSPS) is 13.6. The Morgan fingerprint density at radius 1 is 1.11 bits per heavy atom. The summed E-state index contributed by atoms with van der Waals surface area (Å²) in [6.45, 7) is 2.98. The van der Waals surface area contributed by atoms with E-state index in [-0.39, 0.29) is 5.56 Å². The van der Waals surface area contributed by atoms with Gasteiger partial charge in [0.25, 0.3) is 0 Å². The van der Waals surface area contributed by atoms with Gasteiger partial charge < -0.3 is 29.3 Å². The van der Waals surface area contributed by atoms with E-state index in [9.17, 15) is 4.79 Å². The molecule has 37 heavy (non-hydrogen) atoms. The van der Waals surface area contributed by atoms with E-state index in [4.69, 9.17) is 25.6 Å². The number of aromatic nitrogens is 8. The largest absolute Gasteiger partial charge is 0.378 e. The first-order chi connectivity index (χ1) is 18.0. The van der Waals surface area contributed by atoms with E-state index in [1.165, 1.54) is 12.4 Å². The molecule has 0 radical (unpaired) electrons. The number of nitrogens with zero attached hydrogens (tertiary/aromatic N) is 10. The molecule has 4 aromatic rings. The van der Waals surface area contributed by atoms with Gasteiger partial charge in [-0.3, -0.25) is 0 Å². The standard InChI is InChI=1S/C22H26N12O3/c1-24-21-25-8-13(9-26-21)17-30-18-16(19(31-17)34-4-6-36-7-5-34)29-15(33(18)3)12-32(2)22-27-10-14(11-28-22)20(35)37-23/h8-11H,4-7,12,23H2,1-3H3,(H,24,25,26). The lowest BCUT2D eigenvalue weighted by molar-refractivity contribution is 0.0502. The number of carbonyl (C=O) groups is 1. The van der Waals surface area contributed by atoms with Crippen LogP contribution in [-0.4, -0.2) is 85.8 Å². The first-order valence-corrected chi connectivity index (χ1v) is 11.5. The lowest BCUT2D eigenvalue weighted by Crippen LogP contribution is -2.37. The van der Waals surface area contributed by atoms with Gasteiger partial charge in [0.15, 0.2) is 22.8 Å². The van der Waals surface area contributed by atoms with Crippen LogP contribution in [0.3, 0.4) is 0 Å². The zero-order valence-corrected chi connectivity index (χ0v) is 20.6. The highest BCUT2D eigenvalue weighted by atomic mass is 16.7. The smallest absolute Gasteiger partial charge is 0.359 e. The van der Waals surface area contributed by atoms with Crippen molar-refractivity contribution in [2.24, 2.45) is 12.9 Å². The summed E-state index contributed by atoms with van der Waals surface area (Å²) in [5.41, 5.74) is 2.22. The molecule has 15 nitrogen and oxygen atoms in total. The van der Waals surface area contributed by atoms with Gasteiger partial charge in [-0.2, -0.15) is 5.90 Å². The van der Waals surface area contributed by atoms with Crippen molar-refractivity contribution in [3.63, 3.8) is 0 Å². The molecule has 0 aromatic carbocycles. The fraction of sp³-hybridized carbons (Fsp3) is 0.364. The van der Waals surface area contributed by atoms with E-state index in [0.29, 0.717) is 67.3 Å². The highest BCUT2D eigenvalue weighted by molar-refractivity contribution is 5.88. The summed E-state index contributed by atoms with van der Waals surface area (Å²) >= 11 is 0. The second-order valence-electron chi connectivity index (χ2n) is 8.31. The number of imidazole rings is 1. The number of nitrogens with two attached hydrogens (primary N) is 1. The predicted octanol–water partition coefficient (Wildman–Crippen LogP) is 0.156. The third-order valence-corrected chi connectivity index (χ3v) is 5.94. The van der Waals surface area contributed by atoms with Crippen LogP contribution in [0.2, 0.25) is 0 Å². The zero-order valence-electron chi connectivity index (χ0n) is 20.6. The van der Waals surface area contributed by atoms with Gasteiger partial charge >= 0.3 is 5.97 Å². The molecule has 5 heterocycles. The number of carbonyl (C=O) groups excluding carboxylic acids is 1. The first-order valence-electron chi connectivity index (χ1n) is 11.5. The van der Waals surface area contributed by atoms with Crippen LogP contribution in [0, 0.1) is 0 Å². The van der Waals surface area contributed by atoms with Crippen molar-refractivity contribution >= 4 is 34.8 Å². The van der Waals surface area contributed by atoms with Gasteiger partial charge in [0.05, 0.1) is 30.9 Å². The molecule has 1 aliphatic rings. The van der Waals surface area contributed by atoms with E-state index in [2.05, 4.69) is 35.0 Å². The number of hydrogen-bond acceptors (Lipinski definition) is 14. The van der Waals surface area contributed by atoms with Crippen LogP contribution in [0.25, 0.3) is 22.6 Å². The van der Waals surface area contributed by atoms with E-state index < -0.39 is 5.97 Å². The molecule has 3 N–H and O–H groups in total. The SMILES string of the molecule is CNc1ncc(-c2nc(N3CCOCC3)c3nc(CN(C)c4ncc(C(=O)ON)cn4)n(C)c3n2)cn1. The highest BCUT2D eigenvalue weighted by Gasteiger charge is 2.23. The van der Waals surface area contributed by atoms with Gasteiger partial charge in [-0.05, 0) is 0 Å². The lowest BCUT2D eigenvalue weighted by Gasteiger charge is -2.28. The van der Waals surface area contributed by atoms with Crippen LogP contribution < -0.4 is 21.0 Å². The topological polar surface area (TPSA) is 175 Å². The Morgan fingerprint density at radius 3 is 2.46 bits per heavy atom. The van der Waals surface area contributed by atoms with Crippen molar-refractivity contribution in [1.82, 2.24) is 39.5 Å². The average molecular weight is 507 g/mol. The second kappa shape index (κ2) is 10.2. The maximum Gasteiger partial charge on any atom is 0.359 e. The van der Waals surface area contributed by atoms with E-state index >= 15 is 0 Å². The zero-order chi connectivity index (χ0) is 25.9. The first kappa shape index (κ1) is 24.2. The van der Waals surface area contributed by atoms with Crippen molar-refractivity contribution in [2.45, 2.75) is 6.54 Å². The fourth-order valence-electron chi connectivity index (χ4n) is 3.91. The van der Waals surface area contributed by atoms with Crippen LogP contribution in [0.15, 0.2) is 24.8 Å². The molecule has 0 bridgehead atoms.